The average molecular weight is 510 g/mol. The zero-order chi connectivity index (χ0) is 26.3. The number of amides is 1. The lowest BCUT2D eigenvalue weighted by Crippen LogP contribution is -2.55. The van der Waals surface area contributed by atoms with Crippen molar-refractivity contribution < 1.29 is 4.79 Å². The van der Waals surface area contributed by atoms with Crippen LogP contribution in [0.25, 0.3) is 22.6 Å². The Morgan fingerprint density at radius 2 is 1.95 bits per heavy atom. The molecule has 1 aliphatic heterocycles. The molecule has 6 heteroatoms. The Morgan fingerprint density at radius 1 is 1.13 bits per heavy atom. The van der Waals surface area contributed by atoms with E-state index in [0.29, 0.717) is 27.6 Å². The van der Waals surface area contributed by atoms with E-state index in [4.69, 9.17) is 4.98 Å². The molecule has 1 saturated heterocycles. The highest BCUT2D eigenvalue weighted by atomic mass is 16.1. The van der Waals surface area contributed by atoms with Gasteiger partial charge >= 0.3 is 0 Å². The monoisotopic (exact) mass is 509 g/mol. The molecule has 0 bridgehead atoms. The second-order valence-corrected chi connectivity index (χ2v) is 12.8. The molecule has 0 radical (unpaired) electrons. The highest BCUT2D eigenvalue weighted by Gasteiger charge is 2.89. The molecule has 4 atom stereocenters. The third kappa shape index (κ3) is 3.03. The first-order valence-electron chi connectivity index (χ1n) is 14.5. The number of benzene rings is 1. The van der Waals surface area contributed by atoms with Crippen molar-refractivity contribution in [1.29, 1.82) is 0 Å². The number of allylic oxidation sites excluding steroid dienone is 1. The lowest BCUT2D eigenvalue weighted by Gasteiger charge is -2.47. The van der Waals surface area contributed by atoms with Crippen LogP contribution in [0.5, 0.6) is 0 Å². The number of H-pyrrole nitrogens is 1. The number of fused-ring (bicyclic) bond motifs is 1. The summed E-state index contributed by atoms with van der Waals surface area (Å²) in [6, 6.07) is 10.7. The quantitative estimate of drug-likeness (QED) is 0.394. The van der Waals surface area contributed by atoms with Crippen molar-refractivity contribution in [3.63, 3.8) is 0 Å². The minimum absolute atomic E-state index is 0.0145. The van der Waals surface area contributed by atoms with Crippen LogP contribution < -0.4 is 10.2 Å². The van der Waals surface area contributed by atoms with Gasteiger partial charge in [-0.25, -0.2) is 9.97 Å². The Labute approximate surface area is 225 Å². The van der Waals surface area contributed by atoms with E-state index in [2.05, 4.69) is 78.2 Å². The SMILES string of the molecule is C/C=C1/CCCN(c2ccc(-c3nc4nccc(C(=O)N[C@H]5CC6CC[C@]7(C)C(C)(C)C657)c4[nH]3)cc2)CC1. The maximum absolute atomic E-state index is 13.6. The molecule has 2 unspecified atom stereocenters. The van der Waals surface area contributed by atoms with Crippen molar-refractivity contribution in [3.05, 3.63) is 53.7 Å². The fraction of sp³-hybridized carbons (Fsp3) is 0.531. The van der Waals surface area contributed by atoms with Crippen LogP contribution in [-0.2, 0) is 0 Å². The molecular formula is C32H39N5O. The van der Waals surface area contributed by atoms with Gasteiger partial charge in [0.15, 0.2) is 5.65 Å². The summed E-state index contributed by atoms with van der Waals surface area (Å²) in [5, 5.41) is 3.44. The van der Waals surface area contributed by atoms with Gasteiger partial charge in [0.2, 0.25) is 0 Å². The molecule has 3 saturated carbocycles. The van der Waals surface area contributed by atoms with Crippen molar-refractivity contribution in [1.82, 2.24) is 20.3 Å². The number of carbonyl (C=O) groups is 1. The van der Waals surface area contributed by atoms with Crippen LogP contribution in [0.4, 0.5) is 5.69 Å². The molecule has 38 heavy (non-hydrogen) atoms. The third-order valence-corrected chi connectivity index (χ3v) is 11.5. The molecule has 2 N–H and O–H groups in total. The van der Waals surface area contributed by atoms with Crippen molar-refractivity contribution in [2.24, 2.45) is 22.2 Å². The van der Waals surface area contributed by atoms with E-state index < -0.39 is 0 Å². The number of imidazole rings is 1. The number of aromatic amines is 1. The first-order valence-corrected chi connectivity index (χ1v) is 14.5. The Kier molecular flexibility index (Phi) is 5.15. The fourth-order valence-electron chi connectivity index (χ4n) is 9.19. The first kappa shape index (κ1) is 23.9. The van der Waals surface area contributed by atoms with E-state index in [-0.39, 0.29) is 17.4 Å². The number of hydrogen-bond donors (Lipinski definition) is 2. The molecule has 4 aliphatic rings. The van der Waals surface area contributed by atoms with Crippen LogP contribution in [-0.4, -0.2) is 40.0 Å². The van der Waals surface area contributed by atoms with Crippen LogP contribution in [0.2, 0.25) is 0 Å². The molecule has 1 spiro atoms. The van der Waals surface area contributed by atoms with Gasteiger partial charge in [-0.2, -0.15) is 0 Å². The lowest BCUT2D eigenvalue weighted by atomic mass is 9.62. The van der Waals surface area contributed by atoms with E-state index in [1.807, 2.05) is 6.07 Å². The van der Waals surface area contributed by atoms with Crippen LogP contribution in [0.1, 0.15) is 76.6 Å². The lowest BCUT2D eigenvalue weighted by molar-refractivity contribution is 0.0434. The first-order chi connectivity index (χ1) is 18.3. The second kappa shape index (κ2) is 8.17. The molecule has 2 aromatic heterocycles. The van der Waals surface area contributed by atoms with Gasteiger partial charge in [0.25, 0.3) is 5.91 Å². The minimum atomic E-state index is -0.0145. The van der Waals surface area contributed by atoms with Crippen LogP contribution in [0.3, 0.4) is 0 Å². The van der Waals surface area contributed by atoms with Crippen molar-refractivity contribution in [2.45, 2.75) is 72.3 Å². The van der Waals surface area contributed by atoms with Crippen LogP contribution in [0.15, 0.2) is 48.2 Å². The number of aromatic nitrogens is 3. The largest absolute Gasteiger partial charge is 0.371 e. The summed E-state index contributed by atoms with van der Waals surface area (Å²) in [6.45, 7) is 11.5. The molecule has 1 amide bonds. The molecule has 7 rings (SSSR count). The molecule has 3 aliphatic carbocycles. The summed E-state index contributed by atoms with van der Waals surface area (Å²) in [5.74, 6) is 1.49. The van der Waals surface area contributed by atoms with Gasteiger partial charge in [-0.05, 0) is 92.5 Å². The molecule has 1 aromatic carbocycles. The number of rotatable bonds is 4. The number of anilines is 1. The van der Waals surface area contributed by atoms with Crippen molar-refractivity contribution in [3.8, 4) is 11.4 Å². The summed E-state index contributed by atoms with van der Waals surface area (Å²) in [6.07, 6.45) is 11.2. The van der Waals surface area contributed by atoms with Gasteiger partial charge in [0.1, 0.15) is 5.82 Å². The number of nitrogens with one attached hydrogen (secondary N) is 2. The zero-order valence-electron chi connectivity index (χ0n) is 23.1. The summed E-state index contributed by atoms with van der Waals surface area (Å²) in [4.78, 5) is 28.7. The Bertz CT molecular complexity index is 1450. The van der Waals surface area contributed by atoms with E-state index in [1.165, 1.54) is 31.4 Å². The maximum Gasteiger partial charge on any atom is 0.253 e. The predicted molar refractivity (Wildman–Crippen MR) is 152 cm³/mol. The summed E-state index contributed by atoms with van der Waals surface area (Å²) in [7, 11) is 0. The zero-order valence-corrected chi connectivity index (χ0v) is 23.1. The van der Waals surface area contributed by atoms with E-state index in [1.54, 1.807) is 11.8 Å². The third-order valence-electron chi connectivity index (χ3n) is 11.5. The van der Waals surface area contributed by atoms with E-state index >= 15 is 0 Å². The number of pyridine rings is 1. The predicted octanol–water partition coefficient (Wildman–Crippen LogP) is 6.51. The Hall–Kier alpha value is -3.15. The van der Waals surface area contributed by atoms with Gasteiger partial charge in [-0.1, -0.05) is 32.4 Å². The van der Waals surface area contributed by atoms with Crippen LogP contribution in [0, 0.1) is 22.2 Å². The number of hydrogen-bond acceptors (Lipinski definition) is 4. The van der Waals surface area contributed by atoms with Gasteiger partial charge in [-0.3, -0.25) is 4.79 Å². The molecular weight excluding hydrogens is 470 g/mol. The molecule has 3 aromatic rings. The Balaban J connectivity index is 1.11. The molecule has 6 nitrogen and oxygen atoms in total. The van der Waals surface area contributed by atoms with Gasteiger partial charge in [-0.15, -0.1) is 0 Å². The molecule has 3 heterocycles. The van der Waals surface area contributed by atoms with Crippen LogP contribution >= 0.6 is 0 Å². The topological polar surface area (TPSA) is 73.9 Å². The van der Waals surface area contributed by atoms with Gasteiger partial charge in [0, 0.05) is 42.0 Å². The Morgan fingerprint density at radius 3 is 2.68 bits per heavy atom. The maximum atomic E-state index is 13.6. The highest BCUT2D eigenvalue weighted by Crippen LogP contribution is 2.92. The fourth-order valence-corrected chi connectivity index (χ4v) is 9.19. The summed E-state index contributed by atoms with van der Waals surface area (Å²) >= 11 is 0. The smallest absolute Gasteiger partial charge is 0.253 e. The summed E-state index contributed by atoms with van der Waals surface area (Å²) < 4.78 is 0. The highest BCUT2D eigenvalue weighted by molar-refractivity contribution is 6.04. The number of nitrogens with zero attached hydrogens (tertiary/aromatic N) is 3. The average Bonchev–Trinajstić information content (AvgIpc) is 3.07. The normalized spacial score (nSPS) is 32.4. The van der Waals surface area contributed by atoms with E-state index in [9.17, 15) is 4.79 Å². The van der Waals surface area contributed by atoms with E-state index in [0.717, 1.165) is 43.2 Å². The summed E-state index contributed by atoms with van der Waals surface area (Å²) in [5.41, 5.74) is 6.67. The van der Waals surface area contributed by atoms with Crippen molar-refractivity contribution in [2.75, 3.05) is 18.0 Å². The molecule has 198 valence electrons. The van der Waals surface area contributed by atoms with Crippen molar-refractivity contribution >= 4 is 22.8 Å². The molecule has 4 fully saturated rings. The minimum Gasteiger partial charge on any atom is -0.371 e. The standard InChI is InChI=1S/C32H39N5O/c1-5-20-7-6-17-37(18-14-20)23-10-8-21(9-11-23)27-35-26-24(13-16-33-28(26)36-27)29(38)34-25-19-22-12-15-31(4)30(2,3)32(22,25)31/h5,8-11,13,16,22,25H,6-7,12,14-15,17-19H2,1-4H3,(H,34,38)(H,33,35,36)/b20-5-/t22?,25-,31+,32?/m0/s1. The van der Waals surface area contributed by atoms with Gasteiger partial charge in [0.05, 0.1) is 11.1 Å². The number of carbonyl (C=O) groups excluding carboxylic acids is 1. The second-order valence-electron chi connectivity index (χ2n) is 12.8. The van der Waals surface area contributed by atoms with Gasteiger partial charge < -0.3 is 15.2 Å².